The fraction of sp³-hybridized carbons (Fsp3) is 0.478. The summed E-state index contributed by atoms with van der Waals surface area (Å²) in [6.07, 6.45) is 7.73. The van der Waals surface area contributed by atoms with Gasteiger partial charge in [-0.05, 0) is 69.4 Å². The Labute approximate surface area is 184 Å². The molecule has 1 aromatic carbocycles. The van der Waals surface area contributed by atoms with Crippen molar-refractivity contribution in [3.63, 3.8) is 0 Å². The Bertz CT molecular complexity index is 1030. The van der Waals surface area contributed by atoms with Crippen molar-refractivity contribution < 1.29 is 13.2 Å². The summed E-state index contributed by atoms with van der Waals surface area (Å²) in [4.78, 5) is 19.5. The van der Waals surface area contributed by atoms with Crippen LogP contribution in [-0.4, -0.2) is 49.8 Å². The first-order valence-corrected chi connectivity index (χ1v) is 12.5. The number of aryl methyl sites for hydroxylation is 1. The highest BCUT2D eigenvalue weighted by molar-refractivity contribution is 7.89. The number of sulfonamides is 1. The van der Waals surface area contributed by atoms with Gasteiger partial charge in [-0.3, -0.25) is 9.78 Å². The maximum absolute atomic E-state index is 13.2. The first-order valence-electron chi connectivity index (χ1n) is 11.1. The zero-order chi connectivity index (χ0) is 21.8. The molecule has 8 heteroatoms. The zero-order valence-electron chi connectivity index (χ0n) is 18.0. The zero-order valence-corrected chi connectivity index (χ0v) is 18.8. The number of carbonyl (C=O) groups excluding carboxylic acids is 1. The van der Waals surface area contributed by atoms with Crippen LogP contribution in [-0.2, 0) is 10.0 Å². The van der Waals surface area contributed by atoms with Crippen LogP contribution in [0, 0.1) is 6.92 Å². The molecule has 31 heavy (non-hydrogen) atoms. The fourth-order valence-electron chi connectivity index (χ4n) is 4.24. The van der Waals surface area contributed by atoms with Crippen LogP contribution in [0.3, 0.4) is 0 Å². The van der Waals surface area contributed by atoms with Crippen LogP contribution in [0.4, 0.5) is 11.4 Å². The summed E-state index contributed by atoms with van der Waals surface area (Å²) in [5.74, 6) is -0.293. The number of nitrogens with one attached hydrogen (secondary N) is 1. The third-order valence-electron chi connectivity index (χ3n) is 6.04. The van der Waals surface area contributed by atoms with Crippen LogP contribution in [0.5, 0.6) is 0 Å². The molecule has 3 heterocycles. The van der Waals surface area contributed by atoms with Crippen molar-refractivity contribution in [3.05, 3.63) is 47.8 Å². The molecule has 0 atom stereocenters. The minimum absolute atomic E-state index is 0.229. The number of piperidine rings is 2. The van der Waals surface area contributed by atoms with Gasteiger partial charge in [0, 0.05) is 38.1 Å². The summed E-state index contributed by atoms with van der Waals surface area (Å²) < 4.78 is 28.0. The Morgan fingerprint density at radius 2 is 1.61 bits per heavy atom. The summed E-state index contributed by atoms with van der Waals surface area (Å²) in [7, 11) is -3.59. The molecule has 2 aromatic rings. The van der Waals surface area contributed by atoms with E-state index in [1.54, 1.807) is 34.8 Å². The summed E-state index contributed by atoms with van der Waals surface area (Å²) in [5.41, 5.74) is 2.68. The van der Waals surface area contributed by atoms with Gasteiger partial charge in [-0.15, -0.1) is 0 Å². The number of aromatic nitrogens is 1. The molecule has 2 aliphatic heterocycles. The van der Waals surface area contributed by atoms with Crippen LogP contribution in [0.25, 0.3) is 0 Å². The number of pyridine rings is 1. The quantitative estimate of drug-likeness (QED) is 0.761. The first-order chi connectivity index (χ1) is 14.9. The number of hydrogen-bond donors (Lipinski definition) is 1. The first kappa shape index (κ1) is 21.8. The van der Waals surface area contributed by atoms with E-state index in [1.807, 2.05) is 13.0 Å². The Hall–Kier alpha value is -2.45. The largest absolute Gasteiger partial charge is 0.370 e. The van der Waals surface area contributed by atoms with Crippen molar-refractivity contribution in [1.29, 1.82) is 0 Å². The predicted octanol–water partition coefficient (Wildman–Crippen LogP) is 3.81. The van der Waals surface area contributed by atoms with Crippen LogP contribution < -0.4 is 10.2 Å². The molecule has 1 aromatic heterocycles. The molecule has 0 aliphatic carbocycles. The maximum atomic E-state index is 13.2. The molecule has 2 saturated heterocycles. The summed E-state index contributed by atoms with van der Waals surface area (Å²) >= 11 is 0. The van der Waals surface area contributed by atoms with Crippen molar-refractivity contribution in [1.82, 2.24) is 9.29 Å². The van der Waals surface area contributed by atoms with Gasteiger partial charge in [0.05, 0.1) is 21.8 Å². The number of rotatable bonds is 5. The standard InChI is InChI=1S/C23H30N4O3S/c1-18-8-9-19(17-24-18)23(28)25-21-16-20(31(29,30)27-14-6-3-7-15-27)10-11-22(21)26-12-4-2-5-13-26/h8-11,16-17H,2-7,12-15H2,1H3,(H,25,28). The molecule has 0 bridgehead atoms. The van der Waals surface area contributed by atoms with Crippen LogP contribution in [0.1, 0.15) is 54.6 Å². The summed E-state index contributed by atoms with van der Waals surface area (Å²) in [6, 6.07) is 8.65. The molecule has 4 rings (SSSR count). The molecule has 2 aliphatic rings. The normalized spacial score (nSPS) is 18.0. The monoisotopic (exact) mass is 442 g/mol. The van der Waals surface area contributed by atoms with E-state index < -0.39 is 10.0 Å². The van der Waals surface area contributed by atoms with Crippen LogP contribution >= 0.6 is 0 Å². The van der Waals surface area contributed by atoms with E-state index in [4.69, 9.17) is 0 Å². The number of anilines is 2. The molecule has 1 amide bonds. The highest BCUT2D eigenvalue weighted by Gasteiger charge is 2.27. The van der Waals surface area contributed by atoms with Crippen LogP contribution in [0.2, 0.25) is 0 Å². The highest BCUT2D eigenvalue weighted by atomic mass is 32.2. The smallest absolute Gasteiger partial charge is 0.257 e. The second-order valence-corrected chi connectivity index (χ2v) is 10.3. The molecule has 166 valence electrons. The van der Waals surface area contributed by atoms with Gasteiger partial charge in [-0.2, -0.15) is 4.31 Å². The molecule has 0 radical (unpaired) electrons. The van der Waals surface area contributed by atoms with Gasteiger partial charge in [0.1, 0.15) is 0 Å². The lowest BCUT2D eigenvalue weighted by Gasteiger charge is -2.31. The van der Waals surface area contributed by atoms with Gasteiger partial charge in [0.2, 0.25) is 10.0 Å². The average Bonchev–Trinajstić information content (AvgIpc) is 2.80. The number of carbonyl (C=O) groups is 1. The van der Waals surface area contributed by atoms with Gasteiger partial charge < -0.3 is 10.2 Å². The van der Waals surface area contributed by atoms with Gasteiger partial charge in [-0.25, -0.2) is 8.42 Å². The van der Waals surface area contributed by atoms with Crippen molar-refractivity contribution >= 4 is 27.3 Å². The third kappa shape index (κ3) is 4.91. The lowest BCUT2D eigenvalue weighted by molar-refractivity contribution is 0.102. The number of benzene rings is 1. The average molecular weight is 443 g/mol. The topological polar surface area (TPSA) is 82.6 Å². The SMILES string of the molecule is Cc1ccc(C(=O)Nc2cc(S(=O)(=O)N3CCCCC3)ccc2N2CCCCC2)cn1. The van der Waals surface area contributed by atoms with Gasteiger partial charge >= 0.3 is 0 Å². The van der Waals surface area contributed by atoms with E-state index in [1.165, 1.54) is 6.42 Å². The van der Waals surface area contributed by atoms with Gasteiger partial charge in [-0.1, -0.05) is 6.42 Å². The Morgan fingerprint density at radius 3 is 2.26 bits per heavy atom. The molecule has 0 spiro atoms. The van der Waals surface area contributed by atoms with Crippen molar-refractivity contribution in [2.24, 2.45) is 0 Å². The number of nitrogens with zero attached hydrogens (tertiary/aromatic N) is 3. The third-order valence-corrected chi connectivity index (χ3v) is 7.93. The Morgan fingerprint density at radius 1 is 0.935 bits per heavy atom. The summed E-state index contributed by atoms with van der Waals surface area (Å²) in [5, 5.41) is 2.96. The Kier molecular flexibility index (Phi) is 6.57. The van der Waals surface area contributed by atoms with E-state index >= 15 is 0 Å². The van der Waals surface area contributed by atoms with Crippen LogP contribution in [0.15, 0.2) is 41.4 Å². The minimum Gasteiger partial charge on any atom is -0.370 e. The molecule has 0 saturated carbocycles. The predicted molar refractivity (Wildman–Crippen MR) is 122 cm³/mol. The highest BCUT2D eigenvalue weighted by Crippen LogP contribution is 2.33. The van der Waals surface area contributed by atoms with E-state index in [-0.39, 0.29) is 10.8 Å². The van der Waals surface area contributed by atoms with Crippen molar-refractivity contribution in [2.45, 2.75) is 50.3 Å². The molecule has 1 N–H and O–H groups in total. The number of amides is 1. The van der Waals surface area contributed by atoms with E-state index in [9.17, 15) is 13.2 Å². The van der Waals surface area contributed by atoms with Gasteiger partial charge in [0.25, 0.3) is 5.91 Å². The lowest BCUT2D eigenvalue weighted by atomic mass is 10.1. The van der Waals surface area contributed by atoms with Crippen molar-refractivity contribution in [2.75, 3.05) is 36.4 Å². The van der Waals surface area contributed by atoms with E-state index in [0.717, 1.165) is 56.6 Å². The summed E-state index contributed by atoms with van der Waals surface area (Å²) in [6.45, 7) is 4.76. The van der Waals surface area contributed by atoms with Crippen molar-refractivity contribution in [3.8, 4) is 0 Å². The van der Waals surface area contributed by atoms with Gasteiger partial charge in [0.15, 0.2) is 0 Å². The molecular formula is C23H30N4O3S. The maximum Gasteiger partial charge on any atom is 0.257 e. The van der Waals surface area contributed by atoms with E-state index in [2.05, 4.69) is 15.2 Å². The molecule has 7 nitrogen and oxygen atoms in total. The minimum atomic E-state index is -3.59. The van der Waals surface area contributed by atoms with E-state index in [0.29, 0.717) is 24.3 Å². The lowest BCUT2D eigenvalue weighted by Crippen LogP contribution is -2.35. The molecule has 2 fully saturated rings. The number of hydrogen-bond acceptors (Lipinski definition) is 5. The fourth-order valence-corrected chi connectivity index (χ4v) is 5.78. The second kappa shape index (κ2) is 9.36. The molecule has 0 unspecified atom stereocenters. The second-order valence-electron chi connectivity index (χ2n) is 8.33. The molecular weight excluding hydrogens is 412 g/mol. The Balaban J connectivity index is 1.67.